The third kappa shape index (κ3) is 2.67. The summed E-state index contributed by atoms with van der Waals surface area (Å²) in [6.07, 6.45) is 7.16. The van der Waals surface area contributed by atoms with Gasteiger partial charge in [-0.25, -0.2) is 0 Å². The monoisotopic (exact) mass is 311 g/mol. The van der Waals surface area contributed by atoms with Gasteiger partial charge in [-0.3, -0.25) is 9.78 Å². The zero-order chi connectivity index (χ0) is 15.7. The summed E-state index contributed by atoms with van der Waals surface area (Å²) in [4.78, 5) is 16.7. The number of carbonyl (C=O) groups is 1. The van der Waals surface area contributed by atoms with Crippen molar-refractivity contribution in [3.8, 4) is 5.75 Å². The van der Waals surface area contributed by atoms with Crippen LogP contribution in [0.15, 0.2) is 36.5 Å². The highest BCUT2D eigenvalue weighted by atomic mass is 16.6. The molecule has 4 rings (SSSR count). The van der Waals surface area contributed by atoms with E-state index in [-0.39, 0.29) is 11.4 Å². The first kappa shape index (κ1) is 14.5. The third-order valence-corrected chi connectivity index (χ3v) is 5.36. The Morgan fingerprint density at radius 2 is 2.00 bits per heavy atom. The van der Waals surface area contributed by atoms with E-state index in [9.17, 15) is 4.79 Å². The highest BCUT2D eigenvalue weighted by Crippen LogP contribution is 2.54. The number of hydrogen-bond donors (Lipinski definition) is 0. The maximum Gasteiger partial charge on any atom is 0.312 e. The summed E-state index contributed by atoms with van der Waals surface area (Å²) in [6, 6.07) is 9.71. The number of carbonyl (C=O) groups excluding carboxylic acids is 1. The minimum absolute atomic E-state index is 0.0133. The molecule has 2 aliphatic carbocycles. The maximum atomic E-state index is 12.4. The second kappa shape index (κ2) is 5.84. The summed E-state index contributed by atoms with van der Waals surface area (Å²) in [6.45, 7) is 0.682. The number of benzene rings is 1. The lowest BCUT2D eigenvalue weighted by Gasteiger charge is -2.23. The fourth-order valence-corrected chi connectivity index (χ4v) is 4.11. The molecule has 0 atom stereocenters. The van der Waals surface area contributed by atoms with E-state index in [0.717, 1.165) is 41.8 Å². The Morgan fingerprint density at radius 3 is 2.78 bits per heavy atom. The number of fused-ring (bicyclic) bond motifs is 3. The van der Waals surface area contributed by atoms with Gasteiger partial charge in [-0.15, -0.1) is 0 Å². The summed E-state index contributed by atoms with van der Waals surface area (Å²) in [7, 11) is 0. The number of hydrogen-bond acceptors (Lipinski definition) is 4. The van der Waals surface area contributed by atoms with Gasteiger partial charge in [-0.1, -0.05) is 12.1 Å². The fourth-order valence-electron chi connectivity index (χ4n) is 4.11. The van der Waals surface area contributed by atoms with Gasteiger partial charge in [0.2, 0.25) is 0 Å². The molecule has 4 heteroatoms. The number of nitrogens with zero attached hydrogens (tertiary/aromatic N) is 1. The van der Waals surface area contributed by atoms with Crippen molar-refractivity contribution in [2.75, 3.05) is 13.2 Å². The average molecular weight is 311 g/mol. The summed E-state index contributed by atoms with van der Waals surface area (Å²) in [5.74, 6) is 1.52. The first-order chi connectivity index (χ1) is 11.3. The van der Waals surface area contributed by atoms with E-state index in [2.05, 4.69) is 4.98 Å². The summed E-state index contributed by atoms with van der Waals surface area (Å²) in [5.41, 5.74) is 0.734. The fraction of sp³-hybridized carbons (Fsp3) is 0.474. The van der Waals surface area contributed by atoms with E-state index in [0.29, 0.717) is 13.2 Å². The van der Waals surface area contributed by atoms with Crippen molar-refractivity contribution in [2.45, 2.75) is 32.1 Å². The number of esters is 1. The predicted octanol–water partition coefficient (Wildman–Crippen LogP) is 3.74. The molecule has 1 heterocycles. The SMILES string of the molecule is O=C(OCCOc1ccnc2ccccc12)C12CCC(CC1)C2. The minimum atomic E-state index is -0.173. The zero-order valence-electron chi connectivity index (χ0n) is 13.2. The molecule has 0 aliphatic heterocycles. The van der Waals surface area contributed by atoms with Crippen LogP contribution in [0.1, 0.15) is 32.1 Å². The van der Waals surface area contributed by atoms with Crippen LogP contribution in [0.3, 0.4) is 0 Å². The lowest BCUT2D eigenvalue weighted by Crippen LogP contribution is -2.29. The van der Waals surface area contributed by atoms with Gasteiger partial charge < -0.3 is 9.47 Å². The second-order valence-electron chi connectivity index (χ2n) is 6.74. The average Bonchev–Trinajstić information content (AvgIpc) is 3.21. The Labute approximate surface area is 135 Å². The molecule has 4 nitrogen and oxygen atoms in total. The Balaban J connectivity index is 1.32. The smallest absolute Gasteiger partial charge is 0.312 e. The van der Waals surface area contributed by atoms with Gasteiger partial charge in [0.25, 0.3) is 0 Å². The Bertz CT molecular complexity index is 714. The van der Waals surface area contributed by atoms with E-state index in [1.54, 1.807) is 6.20 Å². The molecule has 2 bridgehead atoms. The molecule has 2 aromatic rings. The molecule has 2 aliphatic rings. The van der Waals surface area contributed by atoms with Gasteiger partial charge in [0.15, 0.2) is 0 Å². The lowest BCUT2D eigenvalue weighted by atomic mass is 9.84. The van der Waals surface area contributed by atoms with Gasteiger partial charge in [-0.05, 0) is 56.2 Å². The van der Waals surface area contributed by atoms with Gasteiger partial charge in [0.1, 0.15) is 19.0 Å². The first-order valence-electron chi connectivity index (χ1n) is 8.41. The van der Waals surface area contributed by atoms with Crippen molar-refractivity contribution in [3.05, 3.63) is 36.5 Å². The lowest BCUT2D eigenvalue weighted by molar-refractivity contribution is -0.156. The van der Waals surface area contributed by atoms with E-state index in [1.807, 2.05) is 30.3 Å². The summed E-state index contributed by atoms with van der Waals surface area (Å²) >= 11 is 0. The molecule has 0 amide bonds. The molecule has 1 aromatic heterocycles. The van der Waals surface area contributed by atoms with Crippen molar-refractivity contribution in [2.24, 2.45) is 11.3 Å². The van der Waals surface area contributed by atoms with Gasteiger partial charge in [0.05, 0.1) is 10.9 Å². The van der Waals surface area contributed by atoms with Gasteiger partial charge in [-0.2, -0.15) is 0 Å². The first-order valence-corrected chi connectivity index (χ1v) is 8.41. The molecule has 120 valence electrons. The van der Waals surface area contributed by atoms with E-state index >= 15 is 0 Å². The van der Waals surface area contributed by atoms with Crippen LogP contribution < -0.4 is 4.74 Å². The number of rotatable bonds is 5. The predicted molar refractivity (Wildman–Crippen MR) is 87.2 cm³/mol. The van der Waals surface area contributed by atoms with Crippen LogP contribution >= 0.6 is 0 Å². The number of aromatic nitrogens is 1. The molecule has 0 spiro atoms. The molecule has 0 radical (unpaired) electrons. The van der Waals surface area contributed by atoms with Gasteiger partial charge >= 0.3 is 5.97 Å². The molecule has 0 unspecified atom stereocenters. The highest BCUT2D eigenvalue weighted by Gasteiger charge is 2.51. The van der Waals surface area contributed by atoms with Crippen LogP contribution in [0.4, 0.5) is 0 Å². The van der Waals surface area contributed by atoms with Crippen LogP contribution in [0.5, 0.6) is 5.75 Å². The van der Waals surface area contributed by atoms with Crippen LogP contribution in [-0.2, 0) is 9.53 Å². The van der Waals surface area contributed by atoms with Crippen molar-refractivity contribution in [1.29, 1.82) is 0 Å². The topological polar surface area (TPSA) is 48.4 Å². The van der Waals surface area contributed by atoms with Crippen LogP contribution in [0.2, 0.25) is 0 Å². The number of para-hydroxylation sites is 1. The molecule has 0 saturated heterocycles. The standard InChI is InChI=1S/C19H21NO3/c21-18(19-8-5-14(13-19)6-9-19)23-12-11-22-17-7-10-20-16-4-2-1-3-15(16)17/h1-4,7,10,14H,5-6,8-9,11-13H2. The van der Waals surface area contributed by atoms with Crippen molar-refractivity contribution >= 4 is 16.9 Å². The quantitative estimate of drug-likeness (QED) is 0.623. The van der Waals surface area contributed by atoms with Crippen LogP contribution in [0, 0.1) is 11.3 Å². The second-order valence-corrected chi connectivity index (χ2v) is 6.74. The van der Waals surface area contributed by atoms with Crippen molar-refractivity contribution < 1.29 is 14.3 Å². The summed E-state index contributed by atoms with van der Waals surface area (Å²) < 4.78 is 11.3. The van der Waals surface area contributed by atoms with Crippen molar-refractivity contribution in [1.82, 2.24) is 4.98 Å². The minimum Gasteiger partial charge on any atom is -0.489 e. The van der Waals surface area contributed by atoms with E-state index in [1.165, 1.54) is 12.8 Å². The molecule has 0 N–H and O–H groups in total. The highest BCUT2D eigenvalue weighted by molar-refractivity contribution is 5.84. The van der Waals surface area contributed by atoms with Gasteiger partial charge in [0, 0.05) is 11.6 Å². The maximum absolute atomic E-state index is 12.4. The third-order valence-electron chi connectivity index (χ3n) is 5.36. The van der Waals surface area contributed by atoms with E-state index < -0.39 is 0 Å². The van der Waals surface area contributed by atoms with Crippen LogP contribution in [0.25, 0.3) is 10.9 Å². The Hall–Kier alpha value is -2.10. The van der Waals surface area contributed by atoms with E-state index in [4.69, 9.17) is 9.47 Å². The van der Waals surface area contributed by atoms with Crippen LogP contribution in [-0.4, -0.2) is 24.2 Å². The summed E-state index contributed by atoms with van der Waals surface area (Å²) in [5, 5.41) is 0.981. The molecular weight excluding hydrogens is 290 g/mol. The zero-order valence-corrected chi connectivity index (χ0v) is 13.2. The molecule has 23 heavy (non-hydrogen) atoms. The Morgan fingerprint density at radius 1 is 1.17 bits per heavy atom. The number of ether oxygens (including phenoxy) is 2. The molecule has 1 aromatic carbocycles. The Kier molecular flexibility index (Phi) is 3.68. The molecule has 2 saturated carbocycles. The molecular formula is C19H21NO3. The normalized spacial score (nSPS) is 25.7. The molecule has 2 fully saturated rings. The van der Waals surface area contributed by atoms with Crippen molar-refractivity contribution in [3.63, 3.8) is 0 Å². The largest absolute Gasteiger partial charge is 0.489 e. The number of pyridine rings is 1.